The molecule has 4 heteroatoms. The van der Waals surface area contributed by atoms with Crippen molar-refractivity contribution >= 4 is 15.9 Å². The number of halogens is 1. The fraction of sp³-hybridized carbons (Fsp3) is 0.538. The van der Waals surface area contributed by atoms with Crippen molar-refractivity contribution in [1.29, 1.82) is 0 Å². The molecule has 0 amide bonds. The Hall–Kier alpha value is -0.580. The number of nitrogens with one attached hydrogen (secondary N) is 1. The quantitative estimate of drug-likeness (QED) is 0.901. The van der Waals surface area contributed by atoms with Crippen LogP contribution < -0.4 is 10.1 Å². The highest BCUT2D eigenvalue weighted by atomic mass is 79.9. The summed E-state index contributed by atoms with van der Waals surface area (Å²) in [6.07, 6.45) is 2.07. The van der Waals surface area contributed by atoms with Crippen LogP contribution in [0.3, 0.4) is 0 Å². The minimum absolute atomic E-state index is 0.106. The van der Waals surface area contributed by atoms with Crippen molar-refractivity contribution in [3.8, 4) is 5.75 Å². The fourth-order valence-electron chi connectivity index (χ4n) is 2.12. The SMILES string of the molecule is CC(CO)NC1CCCOc2cc(Br)ccc21. The number of benzene rings is 1. The van der Waals surface area contributed by atoms with Crippen molar-refractivity contribution in [2.45, 2.75) is 31.8 Å². The predicted molar refractivity (Wildman–Crippen MR) is 71.3 cm³/mol. The Morgan fingerprint density at radius 1 is 1.59 bits per heavy atom. The standard InChI is InChI=1S/C13H18BrNO2/c1-9(8-16)15-12-3-2-6-17-13-7-10(14)4-5-11(12)13/h4-5,7,9,12,15-16H,2-3,6,8H2,1H3. The van der Waals surface area contributed by atoms with Gasteiger partial charge in [-0.1, -0.05) is 22.0 Å². The van der Waals surface area contributed by atoms with Crippen LogP contribution in [0.1, 0.15) is 31.4 Å². The second-order valence-electron chi connectivity index (χ2n) is 4.48. The summed E-state index contributed by atoms with van der Waals surface area (Å²) >= 11 is 3.46. The molecule has 1 aliphatic heterocycles. The first-order valence-electron chi connectivity index (χ1n) is 6.00. The summed E-state index contributed by atoms with van der Waals surface area (Å²) < 4.78 is 6.78. The normalized spacial score (nSPS) is 21.2. The van der Waals surface area contributed by atoms with E-state index >= 15 is 0 Å². The van der Waals surface area contributed by atoms with Gasteiger partial charge in [0, 0.05) is 22.1 Å². The maximum Gasteiger partial charge on any atom is 0.125 e. The van der Waals surface area contributed by atoms with Crippen molar-refractivity contribution in [3.05, 3.63) is 28.2 Å². The largest absolute Gasteiger partial charge is 0.493 e. The van der Waals surface area contributed by atoms with Crippen LogP contribution in [0, 0.1) is 0 Å². The molecule has 2 N–H and O–H groups in total. The lowest BCUT2D eigenvalue weighted by molar-refractivity contribution is 0.238. The molecule has 1 aromatic carbocycles. The molecule has 1 heterocycles. The third-order valence-electron chi connectivity index (χ3n) is 3.01. The second kappa shape index (κ2) is 5.85. The van der Waals surface area contributed by atoms with Crippen molar-refractivity contribution in [3.63, 3.8) is 0 Å². The summed E-state index contributed by atoms with van der Waals surface area (Å²) in [5.74, 6) is 0.944. The number of ether oxygens (including phenoxy) is 1. The Labute approximate surface area is 110 Å². The zero-order valence-corrected chi connectivity index (χ0v) is 11.5. The van der Waals surface area contributed by atoms with Gasteiger partial charge in [0.25, 0.3) is 0 Å². The highest BCUT2D eigenvalue weighted by Gasteiger charge is 2.20. The Balaban J connectivity index is 2.23. The van der Waals surface area contributed by atoms with Crippen LogP contribution in [0.2, 0.25) is 0 Å². The first kappa shape index (κ1) is 12.9. The molecule has 0 spiro atoms. The van der Waals surface area contributed by atoms with Crippen LogP contribution in [-0.4, -0.2) is 24.4 Å². The topological polar surface area (TPSA) is 41.5 Å². The highest BCUT2D eigenvalue weighted by molar-refractivity contribution is 9.10. The molecule has 2 atom stereocenters. The number of aliphatic hydroxyl groups excluding tert-OH is 1. The minimum Gasteiger partial charge on any atom is -0.493 e. The van der Waals surface area contributed by atoms with Gasteiger partial charge in [-0.05, 0) is 31.9 Å². The Morgan fingerprint density at radius 2 is 2.41 bits per heavy atom. The van der Waals surface area contributed by atoms with Gasteiger partial charge in [-0.25, -0.2) is 0 Å². The molecule has 1 aromatic rings. The molecule has 17 heavy (non-hydrogen) atoms. The lowest BCUT2D eigenvalue weighted by atomic mass is 10.0. The molecule has 2 rings (SSSR count). The van der Waals surface area contributed by atoms with Gasteiger partial charge in [0.1, 0.15) is 5.75 Å². The molecule has 0 bridgehead atoms. The molecule has 0 fully saturated rings. The number of fused-ring (bicyclic) bond motifs is 1. The van der Waals surface area contributed by atoms with Gasteiger partial charge in [0.2, 0.25) is 0 Å². The van der Waals surface area contributed by atoms with Crippen molar-refractivity contribution < 1.29 is 9.84 Å². The predicted octanol–water partition coefficient (Wildman–Crippen LogP) is 2.63. The monoisotopic (exact) mass is 299 g/mol. The van der Waals surface area contributed by atoms with Crippen LogP contribution in [-0.2, 0) is 0 Å². The van der Waals surface area contributed by atoms with Crippen LogP contribution in [0.15, 0.2) is 22.7 Å². The van der Waals surface area contributed by atoms with Crippen LogP contribution in [0.4, 0.5) is 0 Å². The van der Waals surface area contributed by atoms with Gasteiger partial charge in [-0.3, -0.25) is 0 Å². The van der Waals surface area contributed by atoms with E-state index in [2.05, 4.69) is 27.3 Å². The Kier molecular flexibility index (Phi) is 4.42. The molecule has 0 aliphatic carbocycles. The van der Waals surface area contributed by atoms with Crippen LogP contribution in [0.25, 0.3) is 0 Å². The van der Waals surface area contributed by atoms with E-state index in [1.807, 2.05) is 19.1 Å². The van der Waals surface area contributed by atoms with E-state index in [1.165, 1.54) is 5.56 Å². The van der Waals surface area contributed by atoms with Crippen LogP contribution in [0.5, 0.6) is 5.75 Å². The third-order valence-corrected chi connectivity index (χ3v) is 3.50. The summed E-state index contributed by atoms with van der Waals surface area (Å²) in [5.41, 5.74) is 1.19. The Bertz CT molecular complexity index is 384. The molecular formula is C13H18BrNO2. The smallest absolute Gasteiger partial charge is 0.125 e. The van der Waals surface area contributed by atoms with E-state index in [0.717, 1.165) is 29.7 Å². The summed E-state index contributed by atoms with van der Waals surface area (Å²) in [6.45, 7) is 2.91. The maximum atomic E-state index is 9.13. The minimum atomic E-state index is 0.106. The molecular weight excluding hydrogens is 282 g/mol. The second-order valence-corrected chi connectivity index (χ2v) is 5.39. The summed E-state index contributed by atoms with van der Waals surface area (Å²) in [6, 6.07) is 6.51. The molecule has 1 aliphatic rings. The van der Waals surface area contributed by atoms with Crippen molar-refractivity contribution in [2.75, 3.05) is 13.2 Å². The summed E-state index contributed by atoms with van der Waals surface area (Å²) in [5, 5.41) is 12.6. The van der Waals surface area contributed by atoms with Crippen molar-refractivity contribution in [2.24, 2.45) is 0 Å². The van der Waals surface area contributed by atoms with Gasteiger partial charge in [0.15, 0.2) is 0 Å². The molecule has 0 aromatic heterocycles. The number of hydrogen-bond donors (Lipinski definition) is 2. The Morgan fingerprint density at radius 3 is 3.18 bits per heavy atom. The van der Waals surface area contributed by atoms with E-state index < -0.39 is 0 Å². The highest BCUT2D eigenvalue weighted by Crippen LogP contribution is 2.33. The van der Waals surface area contributed by atoms with E-state index in [-0.39, 0.29) is 18.7 Å². The number of hydrogen-bond acceptors (Lipinski definition) is 3. The molecule has 0 radical (unpaired) electrons. The van der Waals surface area contributed by atoms with E-state index in [4.69, 9.17) is 9.84 Å². The average Bonchev–Trinajstić information content (AvgIpc) is 2.51. The summed E-state index contributed by atoms with van der Waals surface area (Å²) in [7, 11) is 0. The maximum absolute atomic E-state index is 9.13. The first-order valence-corrected chi connectivity index (χ1v) is 6.79. The van der Waals surface area contributed by atoms with E-state index in [0.29, 0.717) is 0 Å². The lowest BCUT2D eigenvalue weighted by Crippen LogP contribution is -2.33. The molecule has 3 nitrogen and oxygen atoms in total. The first-order chi connectivity index (χ1) is 8.20. The summed E-state index contributed by atoms with van der Waals surface area (Å²) in [4.78, 5) is 0. The zero-order chi connectivity index (χ0) is 12.3. The molecule has 2 unspecified atom stereocenters. The fourth-order valence-corrected chi connectivity index (χ4v) is 2.46. The van der Waals surface area contributed by atoms with Gasteiger partial charge in [-0.15, -0.1) is 0 Å². The van der Waals surface area contributed by atoms with Crippen LogP contribution >= 0.6 is 15.9 Å². The zero-order valence-electron chi connectivity index (χ0n) is 9.95. The van der Waals surface area contributed by atoms with Crippen molar-refractivity contribution in [1.82, 2.24) is 5.32 Å². The van der Waals surface area contributed by atoms with Gasteiger partial charge >= 0.3 is 0 Å². The molecule has 94 valence electrons. The molecule has 0 saturated carbocycles. The number of aliphatic hydroxyl groups is 1. The lowest BCUT2D eigenvalue weighted by Gasteiger charge is -2.22. The van der Waals surface area contributed by atoms with Gasteiger partial charge in [0.05, 0.1) is 13.2 Å². The van der Waals surface area contributed by atoms with E-state index in [9.17, 15) is 0 Å². The number of rotatable bonds is 3. The average molecular weight is 300 g/mol. The van der Waals surface area contributed by atoms with E-state index in [1.54, 1.807) is 0 Å². The third kappa shape index (κ3) is 3.21. The van der Waals surface area contributed by atoms with Gasteiger partial charge < -0.3 is 15.2 Å². The van der Waals surface area contributed by atoms with Gasteiger partial charge in [-0.2, -0.15) is 0 Å². The molecule has 0 saturated heterocycles.